The summed E-state index contributed by atoms with van der Waals surface area (Å²) in [5.41, 5.74) is 3.27. The van der Waals surface area contributed by atoms with E-state index in [1.54, 1.807) is 6.07 Å². The van der Waals surface area contributed by atoms with Gasteiger partial charge < -0.3 is 4.42 Å². The van der Waals surface area contributed by atoms with Crippen LogP contribution in [-0.4, -0.2) is 0 Å². The Labute approximate surface area is 93.5 Å². The average molecular weight is 212 g/mol. The number of rotatable bonds is 0. The lowest BCUT2D eigenvalue weighted by molar-refractivity contribution is 0.518. The smallest absolute Gasteiger partial charge is 0.188 e. The third-order valence-corrected chi connectivity index (χ3v) is 3.08. The molecule has 1 heterocycles. The van der Waals surface area contributed by atoms with Gasteiger partial charge in [-0.25, -0.2) is 0 Å². The van der Waals surface area contributed by atoms with Crippen LogP contribution in [0.5, 0.6) is 0 Å². The van der Waals surface area contributed by atoms with E-state index < -0.39 is 0 Å². The van der Waals surface area contributed by atoms with Gasteiger partial charge >= 0.3 is 0 Å². The summed E-state index contributed by atoms with van der Waals surface area (Å²) in [5, 5.41) is 0. The maximum Gasteiger partial charge on any atom is 0.188 e. The first-order chi connectivity index (χ1) is 7.75. The van der Waals surface area contributed by atoms with Gasteiger partial charge in [0.15, 0.2) is 5.43 Å². The third kappa shape index (κ3) is 1.30. The molecule has 0 saturated heterocycles. The van der Waals surface area contributed by atoms with Gasteiger partial charge in [0.05, 0.1) is 0 Å². The quantitative estimate of drug-likeness (QED) is 0.672. The molecule has 80 valence electrons. The minimum Gasteiger partial charge on any atom is -0.461 e. The Bertz CT molecular complexity index is 608. The maximum atomic E-state index is 11.8. The van der Waals surface area contributed by atoms with Gasteiger partial charge in [0, 0.05) is 17.2 Å². The molecule has 1 aliphatic rings. The van der Waals surface area contributed by atoms with E-state index in [0.717, 1.165) is 29.7 Å². The molecule has 2 aromatic rings. The van der Waals surface area contributed by atoms with Crippen LogP contribution < -0.4 is 5.43 Å². The van der Waals surface area contributed by atoms with Crippen molar-refractivity contribution in [3.63, 3.8) is 0 Å². The zero-order chi connectivity index (χ0) is 11.1. The summed E-state index contributed by atoms with van der Waals surface area (Å²) in [7, 11) is 0. The molecule has 0 unspecified atom stereocenters. The van der Waals surface area contributed by atoms with Crippen LogP contribution in [0.4, 0.5) is 0 Å². The highest BCUT2D eigenvalue weighted by Crippen LogP contribution is 2.31. The van der Waals surface area contributed by atoms with Gasteiger partial charge in [-0.3, -0.25) is 4.79 Å². The zero-order valence-electron chi connectivity index (χ0n) is 9.12. The third-order valence-electron chi connectivity index (χ3n) is 3.08. The van der Waals surface area contributed by atoms with Crippen LogP contribution in [-0.2, 0) is 12.8 Å². The predicted octanol–water partition coefficient (Wildman–Crippen LogP) is 2.71. The van der Waals surface area contributed by atoms with Gasteiger partial charge in [0.1, 0.15) is 11.5 Å². The highest BCUT2D eigenvalue weighted by molar-refractivity contribution is 5.67. The normalized spacial score (nSPS) is 13.1. The van der Waals surface area contributed by atoms with Crippen molar-refractivity contribution in [2.24, 2.45) is 0 Å². The minimum atomic E-state index is 0.105. The second kappa shape index (κ2) is 3.34. The van der Waals surface area contributed by atoms with Crippen LogP contribution in [0.2, 0.25) is 0 Å². The Morgan fingerprint density at radius 2 is 2.00 bits per heavy atom. The van der Waals surface area contributed by atoms with Crippen molar-refractivity contribution in [3.05, 3.63) is 57.4 Å². The molecule has 0 amide bonds. The summed E-state index contributed by atoms with van der Waals surface area (Å²) >= 11 is 0. The highest BCUT2D eigenvalue weighted by atomic mass is 16.3. The fraction of sp³-hybridized carbons (Fsp3) is 0.214. The summed E-state index contributed by atoms with van der Waals surface area (Å²) in [4.78, 5) is 11.8. The van der Waals surface area contributed by atoms with Crippen LogP contribution in [0.3, 0.4) is 0 Å². The molecule has 2 heteroatoms. The topological polar surface area (TPSA) is 30.2 Å². The van der Waals surface area contributed by atoms with Gasteiger partial charge in [-0.05, 0) is 25.3 Å². The number of fused-ring (bicyclic) bond motifs is 3. The van der Waals surface area contributed by atoms with E-state index in [2.05, 4.69) is 6.07 Å². The molecule has 2 nitrogen and oxygen atoms in total. The fourth-order valence-corrected chi connectivity index (χ4v) is 2.31. The van der Waals surface area contributed by atoms with Crippen molar-refractivity contribution in [3.8, 4) is 11.3 Å². The Hall–Kier alpha value is -1.83. The highest BCUT2D eigenvalue weighted by Gasteiger charge is 2.20. The molecule has 1 aliphatic carbocycles. The first-order valence-corrected chi connectivity index (χ1v) is 5.47. The summed E-state index contributed by atoms with van der Waals surface area (Å²) in [6, 6.07) is 9.71. The van der Waals surface area contributed by atoms with Gasteiger partial charge in [-0.2, -0.15) is 0 Å². The number of hydrogen-bond donors (Lipinski definition) is 0. The van der Waals surface area contributed by atoms with E-state index in [1.807, 2.05) is 25.1 Å². The lowest BCUT2D eigenvalue weighted by Crippen LogP contribution is -2.15. The Morgan fingerprint density at radius 3 is 2.88 bits per heavy atom. The molecular weight excluding hydrogens is 200 g/mol. The summed E-state index contributed by atoms with van der Waals surface area (Å²) in [5.74, 6) is 1.45. The summed E-state index contributed by atoms with van der Waals surface area (Å²) in [6.45, 7) is 1.82. The van der Waals surface area contributed by atoms with Crippen LogP contribution >= 0.6 is 0 Å². The molecule has 3 rings (SSSR count). The molecule has 0 N–H and O–H groups in total. The van der Waals surface area contributed by atoms with E-state index in [9.17, 15) is 4.79 Å². The summed E-state index contributed by atoms with van der Waals surface area (Å²) < 4.78 is 5.71. The number of hydrogen-bond acceptors (Lipinski definition) is 2. The van der Waals surface area contributed by atoms with Crippen LogP contribution in [0.25, 0.3) is 11.3 Å². The second-order valence-electron chi connectivity index (χ2n) is 4.19. The zero-order valence-corrected chi connectivity index (χ0v) is 9.12. The molecule has 0 aliphatic heterocycles. The van der Waals surface area contributed by atoms with Crippen LogP contribution in [0.1, 0.15) is 16.9 Å². The Kier molecular flexibility index (Phi) is 1.96. The van der Waals surface area contributed by atoms with E-state index >= 15 is 0 Å². The molecule has 1 aromatic heterocycles. The maximum absolute atomic E-state index is 11.8. The average Bonchev–Trinajstić information content (AvgIpc) is 2.28. The first kappa shape index (κ1) is 9.40. The molecule has 0 spiro atoms. The molecule has 0 fully saturated rings. The fourth-order valence-electron chi connectivity index (χ4n) is 2.31. The van der Waals surface area contributed by atoms with Gasteiger partial charge in [0.25, 0.3) is 0 Å². The van der Waals surface area contributed by atoms with Crippen LogP contribution in [0, 0.1) is 6.92 Å². The van der Waals surface area contributed by atoms with E-state index in [0.29, 0.717) is 5.76 Å². The molecule has 0 atom stereocenters. The van der Waals surface area contributed by atoms with Crippen molar-refractivity contribution in [2.45, 2.75) is 19.8 Å². The van der Waals surface area contributed by atoms with Gasteiger partial charge in [0.2, 0.25) is 0 Å². The van der Waals surface area contributed by atoms with Crippen molar-refractivity contribution >= 4 is 0 Å². The monoisotopic (exact) mass is 212 g/mol. The minimum absolute atomic E-state index is 0.105. The molecule has 16 heavy (non-hydrogen) atoms. The lowest BCUT2D eigenvalue weighted by atomic mass is 9.90. The number of aryl methyl sites for hydroxylation is 2. The second-order valence-corrected chi connectivity index (χ2v) is 4.19. The Morgan fingerprint density at radius 1 is 1.19 bits per heavy atom. The molecule has 0 bridgehead atoms. The largest absolute Gasteiger partial charge is 0.461 e. The Balaban J connectivity index is 2.36. The van der Waals surface area contributed by atoms with E-state index in [-0.39, 0.29) is 5.43 Å². The van der Waals surface area contributed by atoms with Crippen LogP contribution in [0.15, 0.2) is 39.5 Å². The molecule has 1 aromatic carbocycles. The predicted molar refractivity (Wildman–Crippen MR) is 62.6 cm³/mol. The van der Waals surface area contributed by atoms with Crippen molar-refractivity contribution in [1.82, 2.24) is 0 Å². The molecular formula is C14H12O2. The first-order valence-electron chi connectivity index (χ1n) is 5.47. The standard InChI is InChI=1S/C14H12O2/c1-9-8-13(15)12-7-6-10-4-2-3-5-11(10)14(12)16-9/h2-5,8H,6-7H2,1H3. The summed E-state index contributed by atoms with van der Waals surface area (Å²) in [6.07, 6.45) is 1.71. The SMILES string of the molecule is Cc1cc(=O)c2c(o1)-c1ccccc1CC2. The number of benzene rings is 1. The van der Waals surface area contributed by atoms with E-state index in [1.165, 1.54) is 5.56 Å². The molecule has 0 radical (unpaired) electrons. The van der Waals surface area contributed by atoms with Crippen molar-refractivity contribution in [1.29, 1.82) is 0 Å². The van der Waals surface area contributed by atoms with E-state index in [4.69, 9.17) is 4.42 Å². The van der Waals surface area contributed by atoms with Crippen molar-refractivity contribution in [2.75, 3.05) is 0 Å². The van der Waals surface area contributed by atoms with Crippen molar-refractivity contribution < 1.29 is 4.42 Å². The lowest BCUT2D eigenvalue weighted by Gasteiger charge is -2.17. The van der Waals surface area contributed by atoms with Gasteiger partial charge in [-0.15, -0.1) is 0 Å². The molecule has 0 saturated carbocycles. The van der Waals surface area contributed by atoms with Gasteiger partial charge in [-0.1, -0.05) is 24.3 Å².